The molecule has 0 aliphatic heterocycles. The molecule has 0 atom stereocenters. The fourth-order valence-electron chi connectivity index (χ4n) is 2.59. The fourth-order valence-corrected chi connectivity index (χ4v) is 2.59. The van der Waals surface area contributed by atoms with Gasteiger partial charge in [0, 0.05) is 18.4 Å². The van der Waals surface area contributed by atoms with E-state index in [1.54, 1.807) is 24.3 Å². The number of aromatic nitrogens is 2. The van der Waals surface area contributed by atoms with E-state index in [0.717, 1.165) is 0 Å². The number of benzene rings is 2. The van der Waals surface area contributed by atoms with Crippen molar-refractivity contribution in [3.63, 3.8) is 0 Å². The minimum absolute atomic E-state index is 0.0905. The Hall–Kier alpha value is -3.35. The van der Waals surface area contributed by atoms with Gasteiger partial charge in [-0.05, 0) is 42.8 Å². The van der Waals surface area contributed by atoms with E-state index in [2.05, 4.69) is 9.97 Å². The van der Waals surface area contributed by atoms with E-state index in [-0.39, 0.29) is 17.5 Å². The summed E-state index contributed by atoms with van der Waals surface area (Å²) >= 11 is 0. The van der Waals surface area contributed by atoms with E-state index in [9.17, 15) is 18.8 Å². The van der Waals surface area contributed by atoms with Crippen molar-refractivity contribution >= 4 is 22.7 Å². The quantitative estimate of drug-likeness (QED) is 0.512. The highest BCUT2D eigenvalue weighted by atomic mass is 19.1. The molecule has 1 N–H and O–H groups in total. The second-order valence-corrected chi connectivity index (χ2v) is 5.97. The highest BCUT2D eigenvalue weighted by Gasteiger charge is 2.11. The van der Waals surface area contributed by atoms with Crippen LogP contribution in [0, 0.1) is 5.82 Å². The number of H-pyrrole nitrogens is 1. The van der Waals surface area contributed by atoms with Crippen molar-refractivity contribution in [2.45, 2.75) is 19.3 Å². The summed E-state index contributed by atoms with van der Waals surface area (Å²) in [5, 5.41) is 0.514. The molecule has 0 amide bonds. The number of nitrogens with one attached hydrogen (secondary N) is 1. The summed E-state index contributed by atoms with van der Waals surface area (Å²) in [6.07, 6.45) is 0.916. The van der Waals surface area contributed by atoms with Crippen LogP contribution in [0.15, 0.2) is 53.3 Å². The van der Waals surface area contributed by atoms with Gasteiger partial charge in [0.2, 0.25) is 0 Å². The molecule has 0 spiro atoms. The molecule has 0 aliphatic carbocycles. The van der Waals surface area contributed by atoms with Gasteiger partial charge in [0.15, 0.2) is 12.4 Å². The lowest BCUT2D eigenvalue weighted by Gasteiger charge is -2.05. The Balaban J connectivity index is 1.47. The number of esters is 1. The van der Waals surface area contributed by atoms with Crippen LogP contribution in [0.25, 0.3) is 10.9 Å². The van der Waals surface area contributed by atoms with Crippen LogP contribution in [-0.2, 0) is 16.0 Å². The predicted octanol–water partition coefficient (Wildman–Crippen LogP) is 2.81. The lowest BCUT2D eigenvalue weighted by atomic mass is 10.1. The van der Waals surface area contributed by atoms with Gasteiger partial charge >= 0.3 is 5.97 Å². The van der Waals surface area contributed by atoms with Crippen LogP contribution < -0.4 is 5.56 Å². The molecule has 6 nitrogen and oxygen atoms in total. The summed E-state index contributed by atoms with van der Waals surface area (Å²) in [5.74, 6) is -0.866. The normalized spacial score (nSPS) is 10.7. The number of carbonyl (C=O) groups excluding carboxylic acids is 2. The first-order valence-electron chi connectivity index (χ1n) is 8.45. The number of fused-ring (bicyclic) bond motifs is 1. The molecule has 0 radical (unpaired) electrons. The average Bonchev–Trinajstić information content (AvgIpc) is 2.67. The molecule has 0 fully saturated rings. The number of aryl methyl sites for hydroxylation is 1. The molecular weight excluding hydrogens is 351 g/mol. The van der Waals surface area contributed by atoms with E-state index < -0.39 is 24.2 Å². The summed E-state index contributed by atoms with van der Waals surface area (Å²) in [6.45, 7) is -0.393. The van der Waals surface area contributed by atoms with Crippen LogP contribution in [0.4, 0.5) is 4.39 Å². The Morgan fingerprint density at radius 2 is 1.81 bits per heavy atom. The Labute approximate surface area is 154 Å². The van der Waals surface area contributed by atoms with Gasteiger partial charge in [-0.3, -0.25) is 14.4 Å². The van der Waals surface area contributed by atoms with Crippen molar-refractivity contribution < 1.29 is 18.7 Å². The summed E-state index contributed by atoms with van der Waals surface area (Å²) in [5.41, 5.74) is 0.661. The van der Waals surface area contributed by atoms with Gasteiger partial charge in [0.25, 0.3) is 5.56 Å². The standard InChI is InChI=1S/C20H17FN2O4/c21-14-10-8-13(9-11-14)17(24)12-27-19(25)7-3-6-18-22-16-5-2-1-4-15(16)20(26)23-18/h1-2,4-5,8-11H,3,6-7,12H2,(H,22,23,26). The van der Waals surface area contributed by atoms with Crippen LogP contribution in [0.3, 0.4) is 0 Å². The van der Waals surface area contributed by atoms with Crippen molar-refractivity contribution in [2.24, 2.45) is 0 Å². The largest absolute Gasteiger partial charge is 0.457 e. The van der Waals surface area contributed by atoms with Crippen molar-refractivity contribution in [2.75, 3.05) is 6.61 Å². The van der Waals surface area contributed by atoms with Crippen LogP contribution in [-0.4, -0.2) is 28.3 Å². The highest BCUT2D eigenvalue weighted by Crippen LogP contribution is 2.08. The van der Waals surface area contributed by atoms with Crippen molar-refractivity contribution in [3.8, 4) is 0 Å². The Morgan fingerprint density at radius 3 is 2.59 bits per heavy atom. The number of ketones is 1. The van der Waals surface area contributed by atoms with Crippen molar-refractivity contribution in [1.29, 1.82) is 0 Å². The number of hydrogen-bond acceptors (Lipinski definition) is 5. The van der Waals surface area contributed by atoms with Gasteiger partial charge in [-0.25, -0.2) is 9.37 Å². The molecule has 138 valence electrons. The number of nitrogens with zero attached hydrogens (tertiary/aromatic N) is 1. The lowest BCUT2D eigenvalue weighted by Crippen LogP contribution is -2.15. The molecule has 0 saturated carbocycles. The summed E-state index contributed by atoms with van der Waals surface area (Å²) in [4.78, 5) is 42.7. The van der Waals surface area contributed by atoms with Crippen LogP contribution in [0.1, 0.15) is 29.0 Å². The second kappa shape index (κ2) is 8.35. The molecule has 2 aromatic carbocycles. The van der Waals surface area contributed by atoms with Crippen molar-refractivity contribution in [1.82, 2.24) is 9.97 Å². The number of halogens is 1. The average molecular weight is 368 g/mol. The minimum Gasteiger partial charge on any atom is -0.457 e. The molecule has 0 saturated heterocycles. The van der Waals surface area contributed by atoms with Crippen LogP contribution in [0.2, 0.25) is 0 Å². The van der Waals surface area contributed by atoms with Gasteiger partial charge in [0.05, 0.1) is 10.9 Å². The second-order valence-electron chi connectivity index (χ2n) is 5.97. The van der Waals surface area contributed by atoms with Gasteiger partial charge in [-0.2, -0.15) is 0 Å². The summed E-state index contributed by atoms with van der Waals surface area (Å²) in [6, 6.07) is 12.0. The molecule has 1 aromatic heterocycles. The molecule has 7 heteroatoms. The first kappa shape index (κ1) is 18.4. The number of hydrogen-bond donors (Lipinski definition) is 1. The molecule has 0 unspecified atom stereocenters. The number of carbonyl (C=O) groups is 2. The topological polar surface area (TPSA) is 89.1 Å². The van der Waals surface area contributed by atoms with Gasteiger partial charge in [0.1, 0.15) is 11.6 Å². The van der Waals surface area contributed by atoms with Gasteiger partial charge in [-0.15, -0.1) is 0 Å². The first-order chi connectivity index (χ1) is 13.0. The maximum atomic E-state index is 12.8. The van der Waals surface area contributed by atoms with E-state index in [0.29, 0.717) is 29.6 Å². The molecule has 3 rings (SSSR count). The number of aromatic amines is 1. The van der Waals surface area contributed by atoms with Gasteiger partial charge in [-0.1, -0.05) is 12.1 Å². The molecule has 0 bridgehead atoms. The van der Waals surface area contributed by atoms with E-state index in [1.807, 2.05) is 0 Å². The third kappa shape index (κ3) is 4.84. The van der Waals surface area contributed by atoms with Gasteiger partial charge < -0.3 is 9.72 Å². The smallest absolute Gasteiger partial charge is 0.306 e. The molecule has 3 aromatic rings. The monoisotopic (exact) mass is 368 g/mol. The Kier molecular flexibility index (Phi) is 5.71. The third-order valence-corrected chi connectivity index (χ3v) is 3.99. The zero-order chi connectivity index (χ0) is 19.2. The van der Waals surface area contributed by atoms with Crippen LogP contribution in [0.5, 0.6) is 0 Å². The number of Topliss-reactive ketones (excluding diaryl/α,β-unsaturated/α-hetero) is 1. The zero-order valence-electron chi connectivity index (χ0n) is 14.4. The van der Waals surface area contributed by atoms with E-state index in [1.165, 1.54) is 24.3 Å². The van der Waals surface area contributed by atoms with E-state index >= 15 is 0 Å². The molecular formula is C20H17FN2O4. The Morgan fingerprint density at radius 1 is 1.07 bits per heavy atom. The highest BCUT2D eigenvalue weighted by molar-refractivity contribution is 5.97. The molecule has 1 heterocycles. The minimum atomic E-state index is -0.520. The van der Waals surface area contributed by atoms with Crippen LogP contribution >= 0.6 is 0 Å². The molecule has 0 aliphatic rings. The number of ether oxygens (including phenoxy) is 1. The fraction of sp³-hybridized carbons (Fsp3) is 0.200. The third-order valence-electron chi connectivity index (χ3n) is 3.99. The molecule has 27 heavy (non-hydrogen) atoms. The summed E-state index contributed by atoms with van der Waals surface area (Å²) in [7, 11) is 0. The lowest BCUT2D eigenvalue weighted by molar-refractivity contribution is -0.142. The maximum absolute atomic E-state index is 12.8. The predicted molar refractivity (Wildman–Crippen MR) is 97.0 cm³/mol. The first-order valence-corrected chi connectivity index (χ1v) is 8.45. The number of para-hydroxylation sites is 1. The zero-order valence-corrected chi connectivity index (χ0v) is 14.4. The Bertz CT molecular complexity index is 1030. The maximum Gasteiger partial charge on any atom is 0.306 e. The van der Waals surface area contributed by atoms with E-state index in [4.69, 9.17) is 4.74 Å². The van der Waals surface area contributed by atoms with Crippen molar-refractivity contribution in [3.05, 3.63) is 76.1 Å². The summed E-state index contributed by atoms with van der Waals surface area (Å²) < 4.78 is 17.8. The number of rotatable bonds is 7. The SMILES string of the molecule is O=C(CCCc1nc2ccccc2c(=O)[nH]1)OCC(=O)c1ccc(F)cc1.